The molecule has 4 fully saturated rings. The highest BCUT2D eigenvalue weighted by Gasteiger charge is 2.67. The van der Waals surface area contributed by atoms with E-state index in [1.807, 2.05) is 6.92 Å². The quantitative estimate of drug-likeness (QED) is 0.330. The third kappa shape index (κ3) is 2.99. The number of Topliss-reactive ketones (excluding diaryl/α,β-unsaturated/α-hetero) is 1. The van der Waals surface area contributed by atoms with E-state index in [0.717, 1.165) is 57.8 Å². The zero-order chi connectivity index (χ0) is 20.3. The van der Waals surface area contributed by atoms with Crippen molar-refractivity contribution < 1.29 is 14.3 Å². The second-order valence-corrected chi connectivity index (χ2v) is 12.9. The fraction of sp³-hybridized carbons (Fsp3) is 0.913. The number of esters is 1. The minimum absolute atomic E-state index is 0.0185. The fourth-order valence-corrected chi connectivity index (χ4v) is 9.65. The van der Waals surface area contributed by atoms with Gasteiger partial charge in [0.15, 0.2) is 0 Å². The Balaban J connectivity index is 1.58. The summed E-state index contributed by atoms with van der Waals surface area (Å²) < 4.78 is 5.79. The lowest BCUT2D eigenvalue weighted by Gasteiger charge is -2.65. The maximum absolute atomic E-state index is 12.6. The van der Waals surface area contributed by atoms with Crippen LogP contribution in [0.2, 0.25) is 0 Å². The molecule has 4 aliphatic rings. The molecule has 3 nitrogen and oxygen atoms in total. The van der Waals surface area contributed by atoms with Crippen molar-refractivity contribution in [1.29, 1.82) is 0 Å². The summed E-state index contributed by atoms with van der Waals surface area (Å²) in [4.78, 5) is 25.1. The molecule has 158 valence electrons. The Hall–Kier alpha value is 0.1000. The van der Waals surface area contributed by atoms with Crippen LogP contribution in [0.3, 0.4) is 0 Å². The molecule has 0 aromatic carbocycles. The smallest absolute Gasteiger partial charge is 0.306 e. The van der Waals surface area contributed by atoms with Crippen molar-refractivity contribution in [2.75, 3.05) is 0 Å². The fourth-order valence-electron chi connectivity index (χ4n) is 7.47. The highest BCUT2D eigenvalue weighted by Crippen LogP contribution is 2.69. The standard InChI is InChI=1S/C23H34Br2O3/c1-4-5-20(27)28-14-8-11-22(3)17-9-10-21(2)16(6-7-19(21)26)15(17)12-18(24)23(22,25)13-14/h14-18H,4-13H2,1-3H3/t14-,15-,16-,17-,18+,21-,22+,23-/m0/s1. The van der Waals surface area contributed by atoms with Crippen LogP contribution in [-0.4, -0.2) is 27.0 Å². The van der Waals surface area contributed by atoms with Gasteiger partial charge in [-0.3, -0.25) is 9.59 Å². The number of carbonyl (C=O) groups excluding carboxylic acids is 2. The van der Waals surface area contributed by atoms with Crippen LogP contribution in [0.15, 0.2) is 0 Å². The van der Waals surface area contributed by atoms with Gasteiger partial charge in [-0.05, 0) is 68.1 Å². The summed E-state index contributed by atoms with van der Waals surface area (Å²) in [6.07, 6.45) is 9.50. The Labute approximate surface area is 186 Å². The first-order valence-electron chi connectivity index (χ1n) is 11.2. The molecule has 0 unspecified atom stereocenters. The van der Waals surface area contributed by atoms with Gasteiger partial charge in [0.25, 0.3) is 0 Å². The van der Waals surface area contributed by atoms with Crippen LogP contribution in [0.25, 0.3) is 0 Å². The van der Waals surface area contributed by atoms with Gasteiger partial charge in [-0.1, -0.05) is 52.6 Å². The van der Waals surface area contributed by atoms with Crippen LogP contribution in [0.5, 0.6) is 0 Å². The van der Waals surface area contributed by atoms with Crippen molar-refractivity contribution in [3.63, 3.8) is 0 Å². The van der Waals surface area contributed by atoms with Crippen molar-refractivity contribution in [2.45, 2.75) is 100 Å². The van der Waals surface area contributed by atoms with Crippen LogP contribution in [-0.2, 0) is 14.3 Å². The molecule has 8 atom stereocenters. The number of fused-ring (bicyclic) bond motifs is 5. The number of hydrogen-bond acceptors (Lipinski definition) is 3. The average Bonchev–Trinajstić information content (AvgIpc) is 2.93. The summed E-state index contributed by atoms with van der Waals surface area (Å²) in [7, 11) is 0. The molecule has 4 saturated carbocycles. The van der Waals surface area contributed by atoms with Gasteiger partial charge in [0.05, 0.1) is 0 Å². The molecule has 0 N–H and O–H groups in total. The van der Waals surface area contributed by atoms with Gasteiger partial charge in [-0.2, -0.15) is 0 Å². The maximum Gasteiger partial charge on any atom is 0.306 e. The SMILES string of the molecule is CCCC(=O)O[C@H]1CC[C@]2(C)[C@H]3CC[C@]4(C)C(=O)CC[C@H]4[C@@H]3C[C@@H](Br)[C@@]2(Br)C1. The molecule has 0 amide bonds. The Morgan fingerprint density at radius 2 is 1.93 bits per heavy atom. The van der Waals surface area contributed by atoms with E-state index in [-0.39, 0.29) is 27.2 Å². The minimum atomic E-state index is -0.0799. The number of hydrogen-bond donors (Lipinski definition) is 0. The highest BCUT2D eigenvalue weighted by atomic mass is 79.9. The third-order valence-corrected chi connectivity index (χ3v) is 12.7. The van der Waals surface area contributed by atoms with Gasteiger partial charge in [-0.25, -0.2) is 0 Å². The molecule has 0 saturated heterocycles. The van der Waals surface area contributed by atoms with Crippen molar-refractivity contribution >= 4 is 43.6 Å². The second kappa shape index (κ2) is 7.35. The summed E-state index contributed by atoms with van der Waals surface area (Å²) in [5, 5.41) is 0. The second-order valence-electron chi connectivity index (χ2n) is 10.4. The predicted molar refractivity (Wildman–Crippen MR) is 118 cm³/mol. The predicted octanol–water partition coefficient (Wildman–Crippen LogP) is 6.20. The van der Waals surface area contributed by atoms with E-state index in [1.165, 1.54) is 0 Å². The Morgan fingerprint density at radius 3 is 2.64 bits per heavy atom. The van der Waals surface area contributed by atoms with E-state index in [4.69, 9.17) is 4.74 Å². The molecule has 0 spiro atoms. The summed E-state index contributed by atoms with van der Waals surface area (Å²) >= 11 is 8.28. The number of ketones is 1. The lowest BCUT2D eigenvalue weighted by molar-refractivity contribution is -0.157. The molecule has 0 aliphatic heterocycles. The van der Waals surface area contributed by atoms with Crippen LogP contribution in [0, 0.1) is 28.6 Å². The average molecular weight is 518 g/mol. The van der Waals surface area contributed by atoms with Crippen LogP contribution in [0.4, 0.5) is 0 Å². The third-order valence-electron chi connectivity index (χ3n) is 9.15. The van der Waals surface area contributed by atoms with Gasteiger partial charge in [0.2, 0.25) is 0 Å². The number of halogens is 2. The van der Waals surface area contributed by atoms with Crippen molar-refractivity contribution in [1.82, 2.24) is 0 Å². The van der Waals surface area contributed by atoms with Gasteiger partial charge in [0, 0.05) is 33.8 Å². The Bertz CT molecular complexity index is 666. The van der Waals surface area contributed by atoms with Crippen molar-refractivity contribution in [3.05, 3.63) is 0 Å². The molecule has 0 heterocycles. The van der Waals surface area contributed by atoms with E-state index in [1.54, 1.807) is 0 Å². The Kier molecular flexibility index (Phi) is 5.60. The number of rotatable bonds is 3. The van der Waals surface area contributed by atoms with E-state index in [9.17, 15) is 9.59 Å². The monoisotopic (exact) mass is 516 g/mol. The summed E-state index contributed by atoms with van der Waals surface area (Å²) in [5.41, 5.74) is 0.0914. The topological polar surface area (TPSA) is 43.4 Å². The molecule has 28 heavy (non-hydrogen) atoms. The summed E-state index contributed by atoms with van der Waals surface area (Å²) in [5.74, 6) is 2.29. The maximum atomic E-state index is 12.6. The lowest BCUT2D eigenvalue weighted by atomic mass is 9.45. The summed E-state index contributed by atoms with van der Waals surface area (Å²) in [6.45, 7) is 6.73. The van der Waals surface area contributed by atoms with Crippen molar-refractivity contribution in [3.8, 4) is 0 Å². The lowest BCUT2D eigenvalue weighted by Crippen LogP contribution is -2.64. The molecule has 4 rings (SSSR count). The largest absolute Gasteiger partial charge is 0.462 e. The zero-order valence-corrected chi connectivity index (χ0v) is 20.6. The number of carbonyl (C=O) groups is 2. The van der Waals surface area contributed by atoms with E-state index < -0.39 is 0 Å². The van der Waals surface area contributed by atoms with E-state index >= 15 is 0 Å². The first-order valence-corrected chi connectivity index (χ1v) is 12.9. The molecular formula is C23H34Br2O3. The van der Waals surface area contributed by atoms with E-state index in [0.29, 0.717) is 34.8 Å². The first-order chi connectivity index (χ1) is 13.2. The first kappa shape index (κ1) is 21.3. The molecule has 0 radical (unpaired) electrons. The van der Waals surface area contributed by atoms with Gasteiger partial charge in [0.1, 0.15) is 11.9 Å². The van der Waals surface area contributed by atoms with Crippen molar-refractivity contribution in [2.24, 2.45) is 28.6 Å². The van der Waals surface area contributed by atoms with Crippen LogP contribution in [0.1, 0.15) is 85.0 Å². The molecule has 0 bridgehead atoms. The van der Waals surface area contributed by atoms with Crippen LogP contribution < -0.4 is 0 Å². The number of ether oxygens (including phenoxy) is 1. The molecule has 0 aromatic rings. The number of alkyl halides is 2. The highest BCUT2D eigenvalue weighted by molar-refractivity contribution is 9.12. The molecular weight excluding hydrogens is 484 g/mol. The van der Waals surface area contributed by atoms with Gasteiger partial charge < -0.3 is 4.74 Å². The van der Waals surface area contributed by atoms with Gasteiger partial charge >= 0.3 is 5.97 Å². The van der Waals surface area contributed by atoms with E-state index in [2.05, 4.69) is 45.7 Å². The molecule has 5 heteroatoms. The Morgan fingerprint density at radius 1 is 1.18 bits per heavy atom. The molecule has 0 aromatic heterocycles. The van der Waals surface area contributed by atoms with Crippen LogP contribution >= 0.6 is 31.9 Å². The molecule has 4 aliphatic carbocycles. The normalized spacial score (nSPS) is 50.5. The zero-order valence-electron chi connectivity index (χ0n) is 17.4. The summed E-state index contributed by atoms with van der Waals surface area (Å²) in [6, 6.07) is 0. The van der Waals surface area contributed by atoms with Gasteiger partial charge in [-0.15, -0.1) is 0 Å². The minimum Gasteiger partial charge on any atom is -0.462 e.